The number of benzene rings is 2. The number of ketones is 1. The highest BCUT2D eigenvalue weighted by Crippen LogP contribution is 2.21. The molecule has 0 bridgehead atoms. The van der Waals surface area contributed by atoms with Gasteiger partial charge < -0.3 is 4.90 Å². The van der Waals surface area contributed by atoms with Crippen LogP contribution < -0.4 is 0 Å². The molecule has 0 aliphatic carbocycles. The maximum atomic E-state index is 12.6. The Morgan fingerprint density at radius 1 is 0.870 bits per heavy atom. The van der Waals surface area contributed by atoms with Gasteiger partial charge in [0, 0.05) is 13.0 Å². The molecule has 3 heteroatoms. The zero-order chi connectivity index (χ0) is 16.1. The maximum absolute atomic E-state index is 12.6. The highest BCUT2D eigenvalue weighted by Gasteiger charge is 2.33. The molecule has 0 radical (unpaired) electrons. The molecule has 1 heterocycles. The number of amides is 1. The summed E-state index contributed by atoms with van der Waals surface area (Å²) < 4.78 is 0. The van der Waals surface area contributed by atoms with Crippen LogP contribution in [0.4, 0.5) is 0 Å². The normalized spacial score (nSPS) is 17.2. The molecule has 0 saturated carbocycles. The zero-order valence-corrected chi connectivity index (χ0v) is 13.2. The van der Waals surface area contributed by atoms with E-state index >= 15 is 0 Å². The second-order valence-corrected chi connectivity index (χ2v) is 6.04. The van der Waals surface area contributed by atoms with Gasteiger partial charge in [0.05, 0.1) is 12.5 Å². The van der Waals surface area contributed by atoms with Crippen LogP contribution in [0.5, 0.6) is 0 Å². The van der Waals surface area contributed by atoms with E-state index in [4.69, 9.17) is 0 Å². The molecule has 1 fully saturated rings. The minimum atomic E-state index is -0.258. The van der Waals surface area contributed by atoms with Crippen molar-refractivity contribution < 1.29 is 9.59 Å². The molecule has 3 rings (SSSR count). The molecule has 0 N–H and O–H groups in total. The number of carbonyl (C=O) groups is 2. The van der Waals surface area contributed by atoms with Crippen LogP contribution in [0.2, 0.25) is 0 Å². The first kappa shape index (κ1) is 15.5. The summed E-state index contributed by atoms with van der Waals surface area (Å²) in [4.78, 5) is 26.9. The monoisotopic (exact) mass is 307 g/mol. The molecule has 1 atom stereocenters. The number of rotatable bonds is 5. The minimum Gasteiger partial charge on any atom is -0.332 e. The Morgan fingerprint density at radius 2 is 1.43 bits per heavy atom. The van der Waals surface area contributed by atoms with Crippen molar-refractivity contribution in [2.75, 3.05) is 6.54 Å². The van der Waals surface area contributed by atoms with Gasteiger partial charge in [-0.2, -0.15) is 0 Å². The third-order valence-electron chi connectivity index (χ3n) is 4.36. The van der Waals surface area contributed by atoms with Gasteiger partial charge in [0.25, 0.3) is 0 Å². The highest BCUT2D eigenvalue weighted by molar-refractivity contribution is 5.91. The molecule has 0 spiro atoms. The third kappa shape index (κ3) is 3.86. The number of hydrogen-bond acceptors (Lipinski definition) is 2. The van der Waals surface area contributed by atoms with E-state index in [1.807, 2.05) is 60.7 Å². The fourth-order valence-corrected chi connectivity index (χ4v) is 3.19. The van der Waals surface area contributed by atoms with E-state index in [2.05, 4.69) is 0 Å². The Kier molecular flexibility index (Phi) is 4.86. The van der Waals surface area contributed by atoms with E-state index < -0.39 is 0 Å². The number of carbonyl (C=O) groups excluding carboxylic acids is 2. The van der Waals surface area contributed by atoms with E-state index in [1.54, 1.807) is 4.90 Å². The predicted octanol–water partition coefficient (Wildman–Crippen LogP) is 3.03. The molecule has 118 valence electrons. The molecule has 1 amide bonds. The summed E-state index contributed by atoms with van der Waals surface area (Å²) in [5.41, 5.74) is 2.01. The van der Waals surface area contributed by atoms with Gasteiger partial charge in [-0.3, -0.25) is 9.59 Å². The molecule has 2 aromatic carbocycles. The summed E-state index contributed by atoms with van der Waals surface area (Å²) in [6.07, 6.45) is 2.47. The van der Waals surface area contributed by atoms with Gasteiger partial charge >= 0.3 is 0 Å². The van der Waals surface area contributed by atoms with E-state index in [1.165, 1.54) is 0 Å². The average molecular weight is 307 g/mol. The largest absolute Gasteiger partial charge is 0.332 e. The van der Waals surface area contributed by atoms with E-state index in [9.17, 15) is 9.59 Å². The maximum Gasteiger partial charge on any atom is 0.227 e. The summed E-state index contributed by atoms with van der Waals surface area (Å²) in [6.45, 7) is 0.691. The molecule has 1 aliphatic heterocycles. The van der Waals surface area contributed by atoms with Crippen molar-refractivity contribution in [2.45, 2.75) is 31.7 Å². The van der Waals surface area contributed by atoms with Crippen molar-refractivity contribution in [1.82, 2.24) is 4.90 Å². The Bertz CT molecular complexity index is 607. The van der Waals surface area contributed by atoms with Crippen LogP contribution in [0.25, 0.3) is 0 Å². The Hall–Kier alpha value is -2.42. The lowest BCUT2D eigenvalue weighted by Crippen LogP contribution is -2.41. The third-order valence-corrected chi connectivity index (χ3v) is 4.36. The van der Waals surface area contributed by atoms with E-state index in [-0.39, 0.29) is 17.7 Å². The summed E-state index contributed by atoms with van der Waals surface area (Å²) in [5.74, 6) is 0.204. The second kappa shape index (κ2) is 7.23. The quantitative estimate of drug-likeness (QED) is 0.851. The van der Waals surface area contributed by atoms with E-state index in [0.29, 0.717) is 19.4 Å². The van der Waals surface area contributed by atoms with Crippen molar-refractivity contribution in [3.8, 4) is 0 Å². The van der Waals surface area contributed by atoms with Crippen molar-refractivity contribution in [2.24, 2.45) is 0 Å². The van der Waals surface area contributed by atoms with Crippen molar-refractivity contribution >= 4 is 11.7 Å². The lowest BCUT2D eigenvalue weighted by molar-refractivity contribution is -0.136. The Morgan fingerprint density at radius 3 is 2.04 bits per heavy atom. The van der Waals surface area contributed by atoms with Crippen LogP contribution in [0.15, 0.2) is 60.7 Å². The smallest absolute Gasteiger partial charge is 0.227 e. The lowest BCUT2D eigenvalue weighted by atomic mass is 10.0. The van der Waals surface area contributed by atoms with Crippen molar-refractivity contribution in [1.29, 1.82) is 0 Å². The van der Waals surface area contributed by atoms with Gasteiger partial charge in [0.2, 0.25) is 5.91 Å². The van der Waals surface area contributed by atoms with Gasteiger partial charge in [-0.05, 0) is 24.0 Å². The van der Waals surface area contributed by atoms with Crippen LogP contribution in [-0.2, 0) is 22.4 Å². The molecule has 1 unspecified atom stereocenters. The Balaban J connectivity index is 1.65. The molecular weight excluding hydrogens is 286 g/mol. The van der Waals surface area contributed by atoms with Crippen molar-refractivity contribution in [3.63, 3.8) is 0 Å². The Labute approximate surface area is 136 Å². The highest BCUT2D eigenvalue weighted by atomic mass is 16.2. The molecule has 1 aliphatic rings. The fraction of sp³-hybridized carbons (Fsp3) is 0.300. The molecule has 0 aromatic heterocycles. The van der Waals surface area contributed by atoms with Gasteiger partial charge in [-0.15, -0.1) is 0 Å². The predicted molar refractivity (Wildman–Crippen MR) is 90.0 cm³/mol. The lowest BCUT2D eigenvalue weighted by Gasteiger charge is -2.24. The molecule has 2 aromatic rings. The summed E-state index contributed by atoms with van der Waals surface area (Å²) in [6, 6.07) is 19.2. The summed E-state index contributed by atoms with van der Waals surface area (Å²) >= 11 is 0. The van der Waals surface area contributed by atoms with Crippen LogP contribution in [0.3, 0.4) is 0 Å². The minimum absolute atomic E-state index is 0.0557. The van der Waals surface area contributed by atoms with Crippen LogP contribution in [-0.4, -0.2) is 29.2 Å². The SMILES string of the molecule is O=C(Cc1ccccc1)C1CCCN1C(=O)Cc1ccccc1. The van der Waals surface area contributed by atoms with E-state index in [0.717, 1.165) is 24.0 Å². The number of Topliss-reactive ketones (excluding diaryl/α,β-unsaturated/α-hetero) is 1. The molecule has 3 nitrogen and oxygen atoms in total. The average Bonchev–Trinajstić information content (AvgIpc) is 3.06. The molecule has 23 heavy (non-hydrogen) atoms. The van der Waals surface area contributed by atoms with Gasteiger partial charge in [-0.25, -0.2) is 0 Å². The van der Waals surface area contributed by atoms with Gasteiger partial charge in [-0.1, -0.05) is 60.7 Å². The number of nitrogens with zero attached hydrogens (tertiary/aromatic N) is 1. The van der Waals surface area contributed by atoms with Gasteiger partial charge in [0.15, 0.2) is 5.78 Å². The fourth-order valence-electron chi connectivity index (χ4n) is 3.19. The first-order valence-electron chi connectivity index (χ1n) is 8.14. The first-order chi connectivity index (χ1) is 11.2. The van der Waals surface area contributed by atoms with Crippen LogP contribution in [0.1, 0.15) is 24.0 Å². The molecule has 1 saturated heterocycles. The van der Waals surface area contributed by atoms with Crippen molar-refractivity contribution in [3.05, 3.63) is 71.8 Å². The zero-order valence-electron chi connectivity index (χ0n) is 13.2. The second-order valence-electron chi connectivity index (χ2n) is 6.04. The number of likely N-dealkylation sites (tertiary alicyclic amines) is 1. The van der Waals surface area contributed by atoms with Crippen LogP contribution in [0, 0.1) is 0 Å². The van der Waals surface area contributed by atoms with Gasteiger partial charge in [0.1, 0.15) is 0 Å². The number of hydrogen-bond donors (Lipinski definition) is 0. The molecular formula is C20H21NO2. The topological polar surface area (TPSA) is 37.4 Å². The summed E-state index contributed by atoms with van der Waals surface area (Å²) in [7, 11) is 0. The van der Waals surface area contributed by atoms with Crippen LogP contribution >= 0.6 is 0 Å². The summed E-state index contributed by atoms with van der Waals surface area (Å²) in [5, 5.41) is 0. The first-order valence-corrected chi connectivity index (χ1v) is 8.14. The standard InChI is InChI=1S/C20H21NO2/c22-19(14-16-8-3-1-4-9-16)18-12-7-13-21(18)20(23)15-17-10-5-2-6-11-17/h1-6,8-11,18H,7,12-15H2.